The van der Waals surface area contributed by atoms with Gasteiger partial charge in [0.15, 0.2) is 23.9 Å². The first-order valence-electron chi connectivity index (χ1n) is 6.75. The Labute approximate surface area is 116 Å². The summed E-state index contributed by atoms with van der Waals surface area (Å²) >= 11 is 0. The van der Waals surface area contributed by atoms with Crippen LogP contribution in [0.3, 0.4) is 0 Å². The summed E-state index contributed by atoms with van der Waals surface area (Å²) in [7, 11) is -7.44. The molecular weight excluding hydrogens is 286 g/mol. The van der Waals surface area contributed by atoms with E-state index in [2.05, 4.69) is 5.32 Å². The molecule has 0 aromatic carbocycles. The summed E-state index contributed by atoms with van der Waals surface area (Å²) in [5.41, 5.74) is 0. The average molecular weight is 309 g/mol. The van der Waals surface area contributed by atoms with Gasteiger partial charge in [0.25, 0.3) is 0 Å². The van der Waals surface area contributed by atoms with Crippen molar-refractivity contribution in [3.8, 4) is 0 Å². The number of hydrogen-bond donors (Lipinski definition) is 1. The Bertz CT molecular complexity index is 478. The van der Waals surface area contributed by atoms with Crippen LogP contribution in [0.25, 0.3) is 0 Å². The molecule has 7 heteroatoms. The number of sulfone groups is 2. The van der Waals surface area contributed by atoms with Crippen molar-refractivity contribution in [1.82, 2.24) is 5.32 Å². The molecule has 0 unspecified atom stereocenters. The fourth-order valence-corrected chi connectivity index (χ4v) is 5.43. The minimum absolute atomic E-state index is 0.183. The molecule has 0 aliphatic heterocycles. The molecule has 112 valence electrons. The predicted octanol–water partition coefficient (Wildman–Crippen LogP) is 1.58. The molecule has 1 saturated carbocycles. The second kappa shape index (κ2) is 6.74. The maximum atomic E-state index is 11.9. The van der Waals surface area contributed by atoms with Crippen LogP contribution in [-0.2, 0) is 19.7 Å². The van der Waals surface area contributed by atoms with E-state index in [1.807, 2.05) is 0 Å². The summed E-state index contributed by atoms with van der Waals surface area (Å²) < 4.78 is 47.1. The molecule has 0 amide bonds. The van der Waals surface area contributed by atoms with Crippen LogP contribution < -0.4 is 5.32 Å². The molecule has 1 aliphatic rings. The van der Waals surface area contributed by atoms with E-state index < -0.39 is 23.9 Å². The van der Waals surface area contributed by atoms with Crippen LogP contribution in [0.4, 0.5) is 0 Å². The fourth-order valence-electron chi connectivity index (χ4n) is 2.11. The molecule has 0 aromatic rings. The Morgan fingerprint density at radius 1 is 1.00 bits per heavy atom. The second-order valence-corrected chi connectivity index (χ2v) is 9.52. The SMILES string of the molecule is CCS(=O)(=O)C(=CNC1CCCCC1)S(=O)(=O)CC. The van der Waals surface area contributed by atoms with Gasteiger partial charge >= 0.3 is 0 Å². The van der Waals surface area contributed by atoms with E-state index in [9.17, 15) is 16.8 Å². The second-order valence-electron chi connectivity index (χ2n) is 4.77. The largest absolute Gasteiger partial charge is 0.387 e. The van der Waals surface area contributed by atoms with Crippen LogP contribution in [0.5, 0.6) is 0 Å². The number of hydrogen-bond acceptors (Lipinski definition) is 5. The highest BCUT2D eigenvalue weighted by molar-refractivity contribution is 8.14. The zero-order chi connectivity index (χ0) is 14.5. The topological polar surface area (TPSA) is 80.3 Å². The first-order chi connectivity index (χ1) is 8.83. The Morgan fingerprint density at radius 3 is 1.89 bits per heavy atom. The van der Waals surface area contributed by atoms with Crippen molar-refractivity contribution in [3.05, 3.63) is 10.4 Å². The molecule has 1 fully saturated rings. The lowest BCUT2D eigenvalue weighted by atomic mass is 9.96. The van der Waals surface area contributed by atoms with Gasteiger partial charge in [-0.1, -0.05) is 33.1 Å². The van der Waals surface area contributed by atoms with E-state index in [0.717, 1.165) is 25.7 Å². The van der Waals surface area contributed by atoms with Crippen molar-refractivity contribution in [2.75, 3.05) is 11.5 Å². The molecule has 0 saturated heterocycles. The van der Waals surface area contributed by atoms with Crippen molar-refractivity contribution < 1.29 is 16.8 Å². The Balaban J connectivity index is 2.97. The molecular formula is C12H23NO4S2. The van der Waals surface area contributed by atoms with Crippen molar-refractivity contribution in [1.29, 1.82) is 0 Å². The zero-order valence-electron chi connectivity index (χ0n) is 11.6. The third kappa shape index (κ3) is 4.49. The maximum Gasteiger partial charge on any atom is 0.190 e. The highest BCUT2D eigenvalue weighted by Gasteiger charge is 2.28. The third-order valence-corrected chi connectivity index (χ3v) is 7.92. The monoisotopic (exact) mass is 309 g/mol. The van der Waals surface area contributed by atoms with Crippen LogP contribution in [0.2, 0.25) is 0 Å². The number of rotatable bonds is 6. The smallest absolute Gasteiger partial charge is 0.190 e. The lowest BCUT2D eigenvalue weighted by Crippen LogP contribution is -2.29. The van der Waals surface area contributed by atoms with E-state index in [4.69, 9.17) is 0 Å². The molecule has 0 radical (unpaired) electrons. The lowest BCUT2D eigenvalue weighted by Gasteiger charge is -2.22. The van der Waals surface area contributed by atoms with Crippen LogP contribution >= 0.6 is 0 Å². The van der Waals surface area contributed by atoms with Crippen LogP contribution in [-0.4, -0.2) is 34.4 Å². The molecule has 0 aromatic heterocycles. The summed E-state index contributed by atoms with van der Waals surface area (Å²) in [6.45, 7) is 2.91. The van der Waals surface area contributed by atoms with Crippen molar-refractivity contribution in [2.45, 2.75) is 52.0 Å². The highest BCUT2D eigenvalue weighted by Crippen LogP contribution is 2.20. The van der Waals surface area contributed by atoms with Gasteiger partial charge in [0.2, 0.25) is 0 Å². The zero-order valence-corrected chi connectivity index (χ0v) is 13.2. The van der Waals surface area contributed by atoms with Crippen LogP contribution in [0, 0.1) is 0 Å². The summed E-state index contributed by atoms with van der Waals surface area (Å²) in [5, 5.41) is 2.98. The molecule has 0 atom stereocenters. The molecule has 0 bridgehead atoms. The molecule has 19 heavy (non-hydrogen) atoms. The molecule has 0 heterocycles. The average Bonchev–Trinajstić information content (AvgIpc) is 2.39. The van der Waals surface area contributed by atoms with E-state index in [1.165, 1.54) is 26.5 Å². The highest BCUT2D eigenvalue weighted by atomic mass is 32.3. The Kier molecular flexibility index (Phi) is 5.85. The van der Waals surface area contributed by atoms with Gasteiger partial charge in [0.05, 0.1) is 11.5 Å². The van der Waals surface area contributed by atoms with Crippen molar-refractivity contribution >= 4 is 19.7 Å². The van der Waals surface area contributed by atoms with Crippen molar-refractivity contribution in [2.24, 2.45) is 0 Å². The first kappa shape index (κ1) is 16.5. The van der Waals surface area contributed by atoms with Crippen LogP contribution in [0.15, 0.2) is 10.4 Å². The normalized spacial score (nSPS) is 18.0. The molecule has 0 spiro atoms. The van der Waals surface area contributed by atoms with Gasteiger partial charge in [0.1, 0.15) is 0 Å². The summed E-state index contributed by atoms with van der Waals surface area (Å²) in [6, 6.07) is 0.183. The predicted molar refractivity (Wildman–Crippen MR) is 77.0 cm³/mol. The maximum absolute atomic E-state index is 11.9. The summed E-state index contributed by atoms with van der Waals surface area (Å²) in [4.78, 5) is 0. The van der Waals surface area contributed by atoms with Crippen LogP contribution in [0.1, 0.15) is 46.0 Å². The third-order valence-electron chi connectivity index (χ3n) is 3.42. The summed E-state index contributed by atoms with van der Waals surface area (Å²) in [6.07, 6.45) is 6.51. The van der Waals surface area contributed by atoms with Gasteiger partial charge in [-0.15, -0.1) is 0 Å². The van der Waals surface area contributed by atoms with Gasteiger partial charge in [0, 0.05) is 12.2 Å². The van der Waals surface area contributed by atoms with E-state index in [-0.39, 0.29) is 17.5 Å². The molecule has 5 nitrogen and oxygen atoms in total. The molecule has 1 N–H and O–H groups in total. The molecule has 1 rings (SSSR count). The lowest BCUT2D eigenvalue weighted by molar-refractivity contribution is 0.404. The van der Waals surface area contributed by atoms with Gasteiger partial charge in [-0.3, -0.25) is 0 Å². The fraction of sp³-hybridized carbons (Fsp3) is 0.833. The Morgan fingerprint density at radius 2 is 1.47 bits per heavy atom. The first-order valence-corrected chi connectivity index (χ1v) is 10.1. The Hall–Kier alpha value is -0.560. The van der Waals surface area contributed by atoms with E-state index >= 15 is 0 Å². The van der Waals surface area contributed by atoms with Gasteiger partial charge in [-0.25, -0.2) is 16.8 Å². The number of nitrogens with one attached hydrogen (secondary N) is 1. The van der Waals surface area contributed by atoms with E-state index in [1.54, 1.807) is 0 Å². The van der Waals surface area contributed by atoms with Gasteiger partial charge in [-0.2, -0.15) is 0 Å². The molecule has 1 aliphatic carbocycles. The minimum Gasteiger partial charge on any atom is -0.387 e. The quantitative estimate of drug-likeness (QED) is 0.805. The van der Waals surface area contributed by atoms with E-state index in [0.29, 0.717) is 0 Å². The summed E-state index contributed by atoms with van der Waals surface area (Å²) in [5.74, 6) is -0.408. The van der Waals surface area contributed by atoms with Crippen molar-refractivity contribution in [3.63, 3.8) is 0 Å². The van der Waals surface area contributed by atoms with Gasteiger partial charge in [-0.05, 0) is 12.8 Å². The minimum atomic E-state index is -3.72. The van der Waals surface area contributed by atoms with Gasteiger partial charge < -0.3 is 5.32 Å². The standard InChI is InChI=1S/C12H23NO4S2/c1-3-18(14,15)12(19(16,17)4-2)10-13-11-8-6-5-7-9-11/h10-11,13H,3-9H2,1-2H3.